The molecule has 1 aromatic heterocycles. The molecule has 144 valence electrons. The molecule has 0 aliphatic rings. The first-order valence-electron chi connectivity index (χ1n) is 8.29. The predicted molar refractivity (Wildman–Crippen MR) is 104 cm³/mol. The Balaban J connectivity index is 1.77. The summed E-state index contributed by atoms with van der Waals surface area (Å²) in [7, 11) is 1.42. The largest absolute Gasteiger partial charge is 0.503 e. The van der Waals surface area contributed by atoms with E-state index in [0.29, 0.717) is 5.75 Å². The Morgan fingerprint density at radius 3 is 2.67 bits per heavy atom. The second-order valence-corrected chi connectivity index (χ2v) is 6.23. The Morgan fingerprint density at radius 1 is 1.30 bits per heavy atom. The number of rotatable bonds is 8. The van der Waals surface area contributed by atoms with E-state index in [4.69, 9.17) is 26.4 Å². The molecule has 0 radical (unpaired) electrons. The highest BCUT2D eigenvalue weighted by Gasteiger charge is 2.15. The van der Waals surface area contributed by atoms with Gasteiger partial charge in [0, 0.05) is 12.3 Å². The Labute approximate surface area is 163 Å². The van der Waals surface area contributed by atoms with E-state index in [-0.39, 0.29) is 41.4 Å². The third kappa shape index (κ3) is 6.10. The molecule has 7 nitrogen and oxygen atoms in total. The van der Waals surface area contributed by atoms with Gasteiger partial charge in [0.25, 0.3) is 0 Å². The summed E-state index contributed by atoms with van der Waals surface area (Å²) in [6.45, 7) is 3.74. The number of hydrogen-bond donors (Lipinski definition) is 2. The molecule has 1 unspecified atom stereocenters. The summed E-state index contributed by atoms with van der Waals surface area (Å²) in [6.07, 6.45) is 1.15. The van der Waals surface area contributed by atoms with E-state index in [2.05, 4.69) is 10.3 Å². The van der Waals surface area contributed by atoms with E-state index >= 15 is 0 Å². The molecule has 8 heteroatoms. The number of benzene rings is 1. The van der Waals surface area contributed by atoms with E-state index in [1.165, 1.54) is 19.4 Å². The van der Waals surface area contributed by atoms with Crippen molar-refractivity contribution in [3.63, 3.8) is 0 Å². The second kappa shape index (κ2) is 9.72. The molecule has 0 aliphatic heterocycles. The Kier molecular flexibility index (Phi) is 7.36. The van der Waals surface area contributed by atoms with Gasteiger partial charge in [-0.1, -0.05) is 29.9 Å². The number of esters is 1. The van der Waals surface area contributed by atoms with Crippen LogP contribution < -0.4 is 14.8 Å². The monoisotopic (exact) mass is 390 g/mol. The van der Waals surface area contributed by atoms with Crippen LogP contribution >= 0.6 is 12.2 Å². The summed E-state index contributed by atoms with van der Waals surface area (Å²) in [6, 6.07) is 9.12. The lowest BCUT2D eigenvalue weighted by Gasteiger charge is -2.15. The molecule has 0 saturated heterocycles. The lowest BCUT2D eigenvalue weighted by atomic mass is 10.2. The van der Waals surface area contributed by atoms with Crippen LogP contribution in [0.1, 0.15) is 18.2 Å². The first-order chi connectivity index (χ1) is 12.9. The fourth-order valence-corrected chi connectivity index (χ4v) is 2.37. The standard InChI is InChI=1S/C19H22N2O5S/c1-12-4-6-14(7-5-12)26-13(2)11-25-16(22)10-21-19(27)17-18(23)15(24-3)8-9-20-17/h4-9,13,23H,10-11H2,1-3H3,(H,21,27). The van der Waals surface area contributed by atoms with Crippen LogP contribution in [0.5, 0.6) is 17.2 Å². The molecule has 2 rings (SSSR count). The average molecular weight is 390 g/mol. The highest BCUT2D eigenvalue weighted by Crippen LogP contribution is 2.27. The molecule has 0 amide bonds. The van der Waals surface area contributed by atoms with Gasteiger partial charge in [-0.15, -0.1) is 0 Å². The molecule has 0 fully saturated rings. The maximum atomic E-state index is 11.9. The van der Waals surface area contributed by atoms with Crippen molar-refractivity contribution in [2.24, 2.45) is 0 Å². The number of carbonyl (C=O) groups is 1. The molecule has 27 heavy (non-hydrogen) atoms. The summed E-state index contributed by atoms with van der Waals surface area (Å²) in [5.41, 5.74) is 1.27. The van der Waals surface area contributed by atoms with Crippen LogP contribution in [-0.2, 0) is 9.53 Å². The van der Waals surface area contributed by atoms with E-state index in [9.17, 15) is 9.90 Å². The van der Waals surface area contributed by atoms with Crippen LogP contribution in [0.4, 0.5) is 0 Å². The van der Waals surface area contributed by atoms with E-state index in [1.54, 1.807) is 0 Å². The highest BCUT2D eigenvalue weighted by molar-refractivity contribution is 7.80. The summed E-state index contributed by atoms with van der Waals surface area (Å²) < 4.78 is 15.8. The zero-order chi connectivity index (χ0) is 19.8. The Bertz CT molecular complexity index is 795. The minimum Gasteiger partial charge on any atom is -0.503 e. The summed E-state index contributed by atoms with van der Waals surface area (Å²) >= 11 is 5.15. The molecule has 1 aromatic carbocycles. The third-order valence-electron chi connectivity index (χ3n) is 3.55. The normalized spacial score (nSPS) is 11.4. The minimum atomic E-state index is -0.501. The quantitative estimate of drug-likeness (QED) is 0.525. The molecular weight excluding hydrogens is 368 g/mol. The molecule has 0 saturated carbocycles. The van der Waals surface area contributed by atoms with E-state index in [0.717, 1.165) is 5.56 Å². The number of aryl methyl sites for hydroxylation is 1. The summed E-state index contributed by atoms with van der Waals surface area (Å²) in [4.78, 5) is 16.0. The van der Waals surface area contributed by atoms with Crippen LogP contribution in [0.15, 0.2) is 36.5 Å². The number of aromatic hydroxyl groups is 1. The molecule has 0 aliphatic carbocycles. The van der Waals surface area contributed by atoms with Crippen molar-refractivity contribution >= 4 is 23.2 Å². The fraction of sp³-hybridized carbons (Fsp3) is 0.316. The number of aromatic nitrogens is 1. The number of ether oxygens (including phenoxy) is 3. The van der Waals surface area contributed by atoms with Crippen molar-refractivity contribution in [3.8, 4) is 17.2 Å². The van der Waals surface area contributed by atoms with Gasteiger partial charge in [0.1, 0.15) is 35.7 Å². The smallest absolute Gasteiger partial charge is 0.325 e. The number of nitrogens with zero attached hydrogens (tertiary/aromatic N) is 1. The third-order valence-corrected chi connectivity index (χ3v) is 3.89. The van der Waals surface area contributed by atoms with Gasteiger partial charge in [-0.05, 0) is 26.0 Å². The number of nitrogens with one attached hydrogen (secondary N) is 1. The summed E-state index contributed by atoms with van der Waals surface area (Å²) in [5.74, 6) is 0.266. The first-order valence-corrected chi connectivity index (χ1v) is 8.70. The number of hydrogen-bond acceptors (Lipinski definition) is 7. The maximum absolute atomic E-state index is 11.9. The van der Waals surface area contributed by atoms with Crippen molar-refractivity contribution in [3.05, 3.63) is 47.8 Å². The topological polar surface area (TPSA) is 89.9 Å². The summed E-state index contributed by atoms with van der Waals surface area (Å²) in [5, 5.41) is 12.7. The van der Waals surface area contributed by atoms with Crippen LogP contribution in [0.25, 0.3) is 0 Å². The number of pyridine rings is 1. The number of thiocarbonyl (C=S) groups is 1. The molecule has 2 aromatic rings. The van der Waals surface area contributed by atoms with Gasteiger partial charge in [0.2, 0.25) is 0 Å². The highest BCUT2D eigenvalue weighted by atomic mass is 32.1. The van der Waals surface area contributed by atoms with Crippen molar-refractivity contribution in [1.29, 1.82) is 0 Å². The van der Waals surface area contributed by atoms with Crippen LogP contribution in [0.3, 0.4) is 0 Å². The van der Waals surface area contributed by atoms with Crippen LogP contribution in [0, 0.1) is 6.92 Å². The van der Waals surface area contributed by atoms with Gasteiger partial charge in [0.15, 0.2) is 11.5 Å². The van der Waals surface area contributed by atoms with Gasteiger partial charge >= 0.3 is 5.97 Å². The molecule has 2 N–H and O–H groups in total. The first kappa shape index (κ1) is 20.4. The zero-order valence-corrected chi connectivity index (χ0v) is 16.2. The van der Waals surface area contributed by atoms with Crippen molar-refractivity contribution in [2.75, 3.05) is 20.3 Å². The van der Waals surface area contributed by atoms with E-state index in [1.807, 2.05) is 38.1 Å². The molecule has 1 atom stereocenters. The maximum Gasteiger partial charge on any atom is 0.325 e. The van der Waals surface area contributed by atoms with Gasteiger partial charge in [0.05, 0.1) is 7.11 Å². The van der Waals surface area contributed by atoms with Gasteiger partial charge in [-0.25, -0.2) is 4.98 Å². The molecule has 0 bridgehead atoms. The number of methoxy groups -OCH3 is 1. The average Bonchev–Trinajstić information content (AvgIpc) is 2.66. The van der Waals surface area contributed by atoms with Gasteiger partial charge in [-0.3, -0.25) is 4.79 Å². The molecule has 1 heterocycles. The van der Waals surface area contributed by atoms with Gasteiger partial charge in [-0.2, -0.15) is 0 Å². The fourth-order valence-electron chi connectivity index (χ4n) is 2.15. The molecule has 0 spiro atoms. The minimum absolute atomic E-state index is 0.101. The van der Waals surface area contributed by atoms with Crippen LogP contribution in [-0.4, -0.2) is 47.4 Å². The predicted octanol–water partition coefficient (Wildman–Crippen LogP) is 2.38. The second-order valence-electron chi connectivity index (χ2n) is 5.82. The Morgan fingerprint density at radius 2 is 2.00 bits per heavy atom. The number of carbonyl (C=O) groups excluding carboxylic acids is 1. The van der Waals surface area contributed by atoms with Crippen molar-refractivity contribution < 1.29 is 24.1 Å². The lowest BCUT2D eigenvalue weighted by molar-refractivity contribution is -0.144. The van der Waals surface area contributed by atoms with Crippen molar-refractivity contribution in [1.82, 2.24) is 10.3 Å². The SMILES string of the molecule is COc1ccnc(C(=S)NCC(=O)OCC(C)Oc2ccc(C)cc2)c1O. The van der Waals surface area contributed by atoms with Crippen molar-refractivity contribution in [2.45, 2.75) is 20.0 Å². The lowest BCUT2D eigenvalue weighted by Crippen LogP contribution is -2.32. The van der Waals surface area contributed by atoms with Crippen LogP contribution in [0.2, 0.25) is 0 Å². The Hall–Kier alpha value is -2.87. The molecular formula is C19H22N2O5S. The van der Waals surface area contributed by atoms with E-state index < -0.39 is 5.97 Å². The zero-order valence-electron chi connectivity index (χ0n) is 15.4. The van der Waals surface area contributed by atoms with Gasteiger partial charge < -0.3 is 24.6 Å².